The number of halogens is 2. The molecule has 2 heteroatoms. The van der Waals surface area contributed by atoms with E-state index in [1.807, 2.05) is 0 Å². The van der Waals surface area contributed by atoms with Crippen molar-refractivity contribution in [1.29, 1.82) is 0 Å². The van der Waals surface area contributed by atoms with Crippen LogP contribution in [0.2, 0.25) is 0 Å². The van der Waals surface area contributed by atoms with E-state index in [2.05, 4.69) is 80.4 Å². The fraction of sp³-hybridized carbons (Fsp3) is 0.250. The van der Waals surface area contributed by atoms with Crippen LogP contribution in [-0.4, -0.2) is 4.83 Å². The van der Waals surface area contributed by atoms with Crippen LogP contribution < -0.4 is 0 Å². The minimum Gasteiger partial charge on any atom is -0.0868 e. The van der Waals surface area contributed by atoms with Gasteiger partial charge in [-0.1, -0.05) is 80.4 Å². The molecule has 0 aliphatic heterocycles. The maximum atomic E-state index is 3.90. The SMILES string of the molecule is Br[C@H]1[C@H]2c3ccccc3[C@H]2c2ccccc2[C@H]1Br. The average Bonchev–Trinajstić information content (AvgIpc) is 2.39. The first-order valence-corrected chi connectivity index (χ1v) is 8.08. The molecule has 90 valence electrons. The zero-order valence-corrected chi connectivity index (χ0v) is 12.9. The summed E-state index contributed by atoms with van der Waals surface area (Å²) in [5, 5.41) is 0. The predicted molar refractivity (Wildman–Crippen MR) is 81.9 cm³/mol. The summed E-state index contributed by atoms with van der Waals surface area (Å²) < 4.78 is 0. The lowest BCUT2D eigenvalue weighted by Gasteiger charge is -2.48. The molecule has 0 radical (unpaired) electrons. The van der Waals surface area contributed by atoms with Crippen molar-refractivity contribution in [1.82, 2.24) is 0 Å². The second-order valence-corrected chi connectivity index (χ2v) is 7.15. The highest BCUT2D eigenvalue weighted by Crippen LogP contribution is 2.61. The van der Waals surface area contributed by atoms with Crippen LogP contribution in [0.5, 0.6) is 0 Å². The monoisotopic (exact) mass is 362 g/mol. The molecule has 2 aromatic rings. The van der Waals surface area contributed by atoms with Crippen LogP contribution in [0.3, 0.4) is 0 Å². The van der Waals surface area contributed by atoms with Crippen molar-refractivity contribution >= 4 is 31.9 Å². The number of rotatable bonds is 0. The summed E-state index contributed by atoms with van der Waals surface area (Å²) in [5.41, 5.74) is 5.97. The second kappa shape index (κ2) is 3.94. The molecule has 4 atom stereocenters. The van der Waals surface area contributed by atoms with E-state index >= 15 is 0 Å². The summed E-state index contributed by atoms with van der Waals surface area (Å²) in [7, 11) is 0. The molecule has 4 rings (SSSR count). The molecule has 2 aliphatic rings. The number of hydrogen-bond acceptors (Lipinski definition) is 0. The third-order valence-corrected chi connectivity index (χ3v) is 7.17. The van der Waals surface area contributed by atoms with E-state index in [4.69, 9.17) is 0 Å². The first kappa shape index (κ1) is 11.2. The molecule has 2 aliphatic carbocycles. The smallest absolute Gasteiger partial charge is 0.0529 e. The maximum Gasteiger partial charge on any atom is 0.0529 e. The highest BCUT2D eigenvalue weighted by Gasteiger charge is 2.48. The fourth-order valence-electron chi connectivity index (χ4n) is 3.49. The van der Waals surface area contributed by atoms with Crippen LogP contribution in [0.25, 0.3) is 0 Å². The van der Waals surface area contributed by atoms with Crippen LogP contribution in [0, 0.1) is 0 Å². The Morgan fingerprint density at radius 2 is 1.17 bits per heavy atom. The van der Waals surface area contributed by atoms with E-state index in [1.54, 1.807) is 0 Å². The van der Waals surface area contributed by atoms with E-state index in [1.165, 1.54) is 22.3 Å². The Kier molecular flexibility index (Phi) is 2.46. The van der Waals surface area contributed by atoms with Crippen LogP contribution in [0.1, 0.15) is 38.9 Å². The predicted octanol–water partition coefficient (Wildman–Crippen LogP) is 5.13. The molecule has 0 heterocycles. The largest absolute Gasteiger partial charge is 0.0868 e. The van der Waals surface area contributed by atoms with Crippen molar-refractivity contribution in [2.75, 3.05) is 0 Å². The lowest BCUT2D eigenvalue weighted by molar-refractivity contribution is 0.480. The third kappa shape index (κ3) is 1.31. The summed E-state index contributed by atoms with van der Waals surface area (Å²) in [5.74, 6) is 1.19. The Morgan fingerprint density at radius 3 is 1.83 bits per heavy atom. The number of hydrogen-bond donors (Lipinski definition) is 0. The summed E-state index contributed by atoms with van der Waals surface area (Å²) in [6, 6.07) is 17.7. The molecule has 0 amide bonds. The lowest BCUT2D eigenvalue weighted by atomic mass is 9.59. The maximum absolute atomic E-state index is 3.90. The first-order chi connectivity index (χ1) is 8.79. The molecule has 0 spiro atoms. The Morgan fingerprint density at radius 1 is 0.667 bits per heavy atom. The van der Waals surface area contributed by atoms with Crippen LogP contribution in [0.15, 0.2) is 48.5 Å². The van der Waals surface area contributed by atoms with E-state index < -0.39 is 0 Å². The van der Waals surface area contributed by atoms with Gasteiger partial charge in [-0.15, -0.1) is 0 Å². The van der Waals surface area contributed by atoms with Crippen molar-refractivity contribution in [2.45, 2.75) is 21.5 Å². The molecular formula is C16H12Br2. The minimum absolute atomic E-state index is 0.406. The van der Waals surface area contributed by atoms with Crippen LogP contribution in [-0.2, 0) is 0 Å². The van der Waals surface area contributed by atoms with Crippen molar-refractivity contribution < 1.29 is 0 Å². The topological polar surface area (TPSA) is 0 Å². The van der Waals surface area contributed by atoms with Gasteiger partial charge < -0.3 is 0 Å². The molecule has 0 nitrogen and oxygen atoms in total. The average molecular weight is 364 g/mol. The van der Waals surface area contributed by atoms with Gasteiger partial charge in [0, 0.05) is 16.7 Å². The molecule has 0 N–H and O–H groups in total. The Labute approximate surface area is 124 Å². The molecule has 18 heavy (non-hydrogen) atoms. The van der Waals surface area contributed by atoms with Crippen molar-refractivity contribution in [3.8, 4) is 0 Å². The Bertz CT molecular complexity index is 620. The quantitative estimate of drug-likeness (QED) is 0.569. The molecule has 0 aromatic heterocycles. The normalized spacial score (nSPS) is 31.9. The Hall–Kier alpha value is -0.600. The zero-order chi connectivity index (χ0) is 12.3. The Balaban J connectivity index is 1.96. The highest BCUT2D eigenvalue weighted by molar-refractivity contribution is 9.12. The van der Waals surface area contributed by atoms with E-state index in [0.717, 1.165) is 0 Å². The summed E-state index contributed by atoms with van der Waals surface area (Å²) in [4.78, 5) is 0.885. The van der Waals surface area contributed by atoms with Gasteiger partial charge in [0.05, 0.1) is 4.83 Å². The van der Waals surface area contributed by atoms with Gasteiger partial charge >= 0.3 is 0 Å². The fourth-order valence-corrected chi connectivity index (χ4v) is 5.11. The van der Waals surface area contributed by atoms with E-state index in [-0.39, 0.29) is 0 Å². The molecule has 0 bridgehead atoms. The first-order valence-electron chi connectivity index (χ1n) is 6.25. The lowest BCUT2D eigenvalue weighted by Crippen LogP contribution is -2.38. The van der Waals surface area contributed by atoms with E-state index in [0.29, 0.717) is 21.5 Å². The van der Waals surface area contributed by atoms with Gasteiger partial charge in [-0.2, -0.15) is 0 Å². The van der Waals surface area contributed by atoms with Crippen LogP contribution >= 0.6 is 31.9 Å². The molecular weight excluding hydrogens is 352 g/mol. The minimum atomic E-state index is 0.406. The summed E-state index contributed by atoms with van der Waals surface area (Å²) >= 11 is 7.76. The van der Waals surface area contributed by atoms with Crippen molar-refractivity contribution in [3.63, 3.8) is 0 Å². The van der Waals surface area contributed by atoms with Crippen molar-refractivity contribution in [3.05, 3.63) is 70.8 Å². The van der Waals surface area contributed by atoms with Gasteiger partial charge in [0.25, 0.3) is 0 Å². The van der Waals surface area contributed by atoms with Gasteiger partial charge in [0.1, 0.15) is 0 Å². The van der Waals surface area contributed by atoms with Gasteiger partial charge in [-0.3, -0.25) is 0 Å². The number of benzene rings is 2. The van der Waals surface area contributed by atoms with Gasteiger partial charge in [0.2, 0.25) is 0 Å². The highest BCUT2D eigenvalue weighted by atomic mass is 79.9. The third-order valence-electron chi connectivity index (χ3n) is 4.30. The second-order valence-electron chi connectivity index (χ2n) is 5.11. The molecule has 0 saturated carbocycles. The van der Waals surface area contributed by atoms with E-state index in [9.17, 15) is 0 Å². The van der Waals surface area contributed by atoms with Gasteiger partial charge in [-0.05, 0) is 22.3 Å². The zero-order valence-electron chi connectivity index (χ0n) is 9.68. The molecule has 0 fully saturated rings. The summed E-state index contributed by atoms with van der Waals surface area (Å²) in [6.07, 6.45) is 0. The number of alkyl halides is 2. The molecule has 2 aromatic carbocycles. The van der Waals surface area contributed by atoms with Crippen molar-refractivity contribution in [2.24, 2.45) is 0 Å². The van der Waals surface area contributed by atoms with Gasteiger partial charge in [0.15, 0.2) is 0 Å². The van der Waals surface area contributed by atoms with Gasteiger partial charge in [-0.25, -0.2) is 0 Å². The number of fused-ring (bicyclic) bond motifs is 6. The summed E-state index contributed by atoms with van der Waals surface area (Å²) in [6.45, 7) is 0. The standard InChI is InChI=1S/C16H12Br2/c17-15-12-8-4-3-7-11(12)13-9-5-1-2-6-10(9)14(13)16(15)18/h1-8,13-16H/t13-,14-,15+,16-/m0/s1. The van der Waals surface area contributed by atoms with Crippen LogP contribution in [0.4, 0.5) is 0 Å². The molecule has 0 saturated heterocycles. The molecule has 0 unspecified atom stereocenters.